The minimum absolute atomic E-state index is 0.698. The van der Waals surface area contributed by atoms with Gasteiger partial charge in [0.25, 0.3) is 0 Å². The summed E-state index contributed by atoms with van der Waals surface area (Å²) >= 11 is 0. The lowest BCUT2D eigenvalue weighted by Crippen LogP contribution is -2.36. The zero-order valence-electron chi connectivity index (χ0n) is 6.01. The second-order valence-corrected chi connectivity index (χ2v) is 2.41. The fraction of sp³-hybridized carbons (Fsp3) is 0.667. The summed E-state index contributed by atoms with van der Waals surface area (Å²) in [6.07, 6.45) is -4.72. The monoisotopic (exact) mass is 176 g/mol. The number of cyclic esters (lactones) is 1. The fourth-order valence-electron chi connectivity index (χ4n) is 0.883. The zero-order chi connectivity index (χ0) is 9.30. The van der Waals surface area contributed by atoms with E-state index in [1.807, 2.05) is 0 Å². The molecule has 1 fully saturated rings. The molecule has 0 aromatic carbocycles. The largest absolute Gasteiger partial charge is 0.449 e. The lowest BCUT2D eigenvalue weighted by atomic mass is 10.1. The molecule has 6 heteroatoms. The molecular weight excluding hydrogens is 168 g/mol. The number of aliphatic hydroxyl groups excluding tert-OH is 3. The number of carbonyl (C=O) groups excluding carboxylic acids is 2. The summed E-state index contributed by atoms with van der Waals surface area (Å²) in [6, 6.07) is 0. The molecule has 1 rings (SSSR count). The standard InChI is InChI=1S/C6H8O6/c7-1-2(8)5-3(9)4(10)6(11)12-5/h2,4-5,7-8,10H,1H2/t2-,4+,5+/m0/s1. The van der Waals surface area contributed by atoms with E-state index in [9.17, 15) is 9.59 Å². The second kappa shape index (κ2) is 3.18. The van der Waals surface area contributed by atoms with Crippen molar-refractivity contribution in [3.8, 4) is 0 Å². The minimum atomic E-state index is -1.82. The third-order valence-electron chi connectivity index (χ3n) is 1.55. The van der Waals surface area contributed by atoms with E-state index in [2.05, 4.69) is 4.74 Å². The Bertz CT molecular complexity index is 212. The van der Waals surface area contributed by atoms with Crippen molar-refractivity contribution in [2.75, 3.05) is 6.61 Å². The zero-order valence-corrected chi connectivity index (χ0v) is 6.01. The van der Waals surface area contributed by atoms with Crippen LogP contribution in [-0.4, -0.2) is 52.0 Å². The summed E-state index contributed by atoms with van der Waals surface area (Å²) in [5.74, 6) is -2.00. The Balaban J connectivity index is 2.71. The Morgan fingerprint density at radius 1 is 1.50 bits per heavy atom. The maximum atomic E-state index is 10.8. The van der Waals surface area contributed by atoms with Crippen LogP contribution in [0, 0.1) is 0 Å². The summed E-state index contributed by atoms with van der Waals surface area (Å²) in [6.45, 7) is -0.698. The van der Waals surface area contributed by atoms with Crippen molar-refractivity contribution in [1.29, 1.82) is 0 Å². The molecule has 0 bridgehead atoms. The highest BCUT2D eigenvalue weighted by Gasteiger charge is 2.45. The molecule has 12 heavy (non-hydrogen) atoms. The summed E-state index contributed by atoms with van der Waals surface area (Å²) in [4.78, 5) is 21.4. The van der Waals surface area contributed by atoms with Crippen molar-refractivity contribution in [3.05, 3.63) is 0 Å². The lowest BCUT2D eigenvalue weighted by molar-refractivity contribution is -0.151. The normalized spacial score (nSPS) is 31.9. The fourth-order valence-corrected chi connectivity index (χ4v) is 0.883. The van der Waals surface area contributed by atoms with Crippen molar-refractivity contribution in [1.82, 2.24) is 0 Å². The molecule has 0 spiro atoms. The molecule has 0 saturated carbocycles. The number of ether oxygens (including phenoxy) is 1. The van der Waals surface area contributed by atoms with Gasteiger partial charge in [-0.15, -0.1) is 0 Å². The number of aliphatic hydroxyl groups is 3. The van der Waals surface area contributed by atoms with Gasteiger partial charge in [-0.05, 0) is 0 Å². The van der Waals surface area contributed by atoms with Gasteiger partial charge in [-0.25, -0.2) is 4.79 Å². The highest BCUT2D eigenvalue weighted by atomic mass is 16.6. The SMILES string of the molecule is O=C1O[C@H]([C@@H](O)CO)C(=O)[C@H]1O. The third kappa shape index (κ3) is 1.31. The molecule has 3 atom stereocenters. The van der Waals surface area contributed by atoms with Crippen molar-refractivity contribution in [3.63, 3.8) is 0 Å². The third-order valence-corrected chi connectivity index (χ3v) is 1.55. The van der Waals surface area contributed by atoms with Gasteiger partial charge in [0.15, 0.2) is 6.10 Å². The average Bonchev–Trinajstić information content (AvgIpc) is 2.32. The van der Waals surface area contributed by atoms with Gasteiger partial charge in [0, 0.05) is 0 Å². The highest BCUT2D eigenvalue weighted by molar-refractivity contribution is 6.09. The van der Waals surface area contributed by atoms with E-state index in [1.165, 1.54) is 0 Å². The first-order valence-corrected chi connectivity index (χ1v) is 3.29. The number of carbonyl (C=O) groups is 2. The number of rotatable bonds is 2. The number of hydrogen-bond acceptors (Lipinski definition) is 6. The van der Waals surface area contributed by atoms with Gasteiger partial charge in [0.1, 0.15) is 6.10 Å². The van der Waals surface area contributed by atoms with Crippen LogP contribution in [0.15, 0.2) is 0 Å². The Morgan fingerprint density at radius 2 is 2.08 bits per heavy atom. The molecule has 0 aromatic heterocycles. The molecule has 6 nitrogen and oxygen atoms in total. The van der Waals surface area contributed by atoms with Gasteiger partial charge >= 0.3 is 5.97 Å². The van der Waals surface area contributed by atoms with Crippen LogP contribution in [0.5, 0.6) is 0 Å². The van der Waals surface area contributed by atoms with Crippen LogP contribution in [0.3, 0.4) is 0 Å². The van der Waals surface area contributed by atoms with E-state index in [-0.39, 0.29) is 0 Å². The van der Waals surface area contributed by atoms with Crippen molar-refractivity contribution in [2.24, 2.45) is 0 Å². The van der Waals surface area contributed by atoms with Crippen LogP contribution in [0.25, 0.3) is 0 Å². The second-order valence-electron chi connectivity index (χ2n) is 2.41. The number of Topliss-reactive ketones (excluding diaryl/α,β-unsaturated/α-hetero) is 1. The summed E-state index contributed by atoms with van der Waals surface area (Å²) in [5, 5.41) is 26.1. The quantitative estimate of drug-likeness (QED) is 0.310. The number of esters is 1. The predicted molar refractivity (Wildman–Crippen MR) is 34.0 cm³/mol. The Morgan fingerprint density at radius 3 is 2.42 bits per heavy atom. The van der Waals surface area contributed by atoms with Gasteiger partial charge < -0.3 is 20.1 Å². The maximum Gasteiger partial charge on any atom is 0.343 e. The van der Waals surface area contributed by atoms with Gasteiger partial charge in [-0.1, -0.05) is 0 Å². The number of ketones is 1. The first kappa shape index (κ1) is 9.11. The molecular formula is C6H8O6. The van der Waals surface area contributed by atoms with Gasteiger partial charge in [-0.3, -0.25) is 4.79 Å². The molecule has 3 N–H and O–H groups in total. The first-order valence-electron chi connectivity index (χ1n) is 3.29. The first-order chi connectivity index (χ1) is 5.57. The van der Waals surface area contributed by atoms with Gasteiger partial charge in [-0.2, -0.15) is 0 Å². The van der Waals surface area contributed by atoms with E-state index in [0.717, 1.165) is 0 Å². The van der Waals surface area contributed by atoms with Crippen LogP contribution in [0.1, 0.15) is 0 Å². The van der Waals surface area contributed by atoms with Crippen LogP contribution in [0.4, 0.5) is 0 Å². The van der Waals surface area contributed by atoms with Gasteiger partial charge in [0.05, 0.1) is 6.61 Å². The summed E-state index contributed by atoms with van der Waals surface area (Å²) in [5.41, 5.74) is 0. The number of hydrogen-bond donors (Lipinski definition) is 3. The molecule has 1 aliphatic heterocycles. The molecule has 1 aliphatic rings. The van der Waals surface area contributed by atoms with Crippen LogP contribution >= 0.6 is 0 Å². The highest BCUT2D eigenvalue weighted by Crippen LogP contribution is 2.13. The molecule has 0 aliphatic carbocycles. The van der Waals surface area contributed by atoms with Crippen molar-refractivity contribution in [2.45, 2.75) is 18.3 Å². The van der Waals surface area contributed by atoms with E-state index in [4.69, 9.17) is 15.3 Å². The Hall–Kier alpha value is -0.980. The van der Waals surface area contributed by atoms with E-state index in [1.54, 1.807) is 0 Å². The molecule has 68 valence electrons. The van der Waals surface area contributed by atoms with Crippen LogP contribution < -0.4 is 0 Å². The summed E-state index contributed by atoms with van der Waals surface area (Å²) in [7, 11) is 0. The molecule has 1 heterocycles. The van der Waals surface area contributed by atoms with Gasteiger partial charge in [0.2, 0.25) is 11.9 Å². The Kier molecular flexibility index (Phi) is 2.41. The molecule has 0 unspecified atom stereocenters. The maximum absolute atomic E-state index is 10.8. The molecule has 0 radical (unpaired) electrons. The smallest absolute Gasteiger partial charge is 0.343 e. The molecule has 0 aromatic rings. The molecule has 0 amide bonds. The topological polar surface area (TPSA) is 104 Å². The average molecular weight is 176 g/mol. The minimum Gasteiger partial charge on any atom is -0.449 e. The van der Waals surface area contributed by atoms with E-state index < -0.39 is 36.7 Å². The van der Waals surface area contributed by atoms with E-state index >= 15 is 0 Å². The van der Waals surface area contributed by atoms with Crippen molar-refractivity contribution < 1.29 is 29.6 Å². The van der Waals surface area contributed by atoms with Crippen LogP contribution in [0.2, 0.25) is 0 Å². The molecule has 1 saturated heterocycles. The Labute approximate surface area is 67.4 Å². The van der Waals surface area contributed by atoms with E-state index in [0.29, 0.717) is 0 Å². The van der Waals surface area contributed by atoms with Crippen molar-refractivity contribution >= 4 is 11.8 Å². The van der Waals surface area contributed by atoms with Crippen LogP contribution in [-0.2, 0) is 14.3 Å². The summed E-state index contributed by atoms with van der Waals surface area (Å²) < 4.78 is 4.29. The lowest BCUT2D eigenvalue weighted by Gasteiger charge is -2.11. The predicted octanol–water partition coefficient (Wildman–Crippen LogP) is -2.80.